The highest BCUT2D eigenvalue weighted by Crippen LogP contribution is 2.21. The minimum absolute atomic E-state index is 0.153. The van der Waals surface area contributed by atoms with Crippen molar-refractivity contribution in [3.63, 3.8) is 0 Å². The molecule has 0 heterocycles. The summed E-state index contributed by atoms with van der Waals surface area (Å²) in [4.78, 5) is 23.9. The summed E-state index contributed by atoms with van der Waals surface area (Å²) in [5, 5.41) is 0. The van der Waals surface area contributed by atoms with Crippen molar-refractivity contribution < 1.29 is 14.3 Å². The minimum atomic E-state index is -0.479. The summed E-state index contributed by atoms with van der Waals surface area (Å²) in [7, 11) is 0. The summed E-state index contributed by atoms with van der Waals surface area (Å²) >= 11 is 1.50. The van der Waals surface area contributed by atoms with Gasteiger partial charge in [0.25, 0.3) is 0 Å². The number of thioether (sulfide) groups is 1. The standard InChI is InChI=1S/C16H15NO3S/c1-21-14-5-3-2-4-13(14)16(19)20-10-11-6-8-12(9-7-11)15(17)18/h2-9H,10H2,1H3,(H2,17,18). The van der Waals surface area contributed by atoms with E-state index in [1.807, 2.05) is 18.4 Å². The maximum atomic E-state index is 12.1. The molecule has 108 valence electrons. The van der Waals surface area contributed by atoms with Crippen molar-refractivity contribution in [1.82, 2.24) is 0 Å². The fourth-order valence-electron chi connectivity index (χ4n) is 1.81. The first kappa shape index (κ1) is 15.1. The molecule has 0 saturated heterocycles. The second-order valence-corrected chi connectivity index (χ2v) is 5.19. The second kappa shape index (κ2) is 6.95. The summed E-state index contributed by atoms with van der Waals surface area (Å²) in [6.45, 7) is 0.153. The van der Waals surface area contributed by atoms with Gasteiger partial charge in [0.05, 0.1) is 5.56 Å². The quantitative estimate of drug-likeness (QED) is 0.681. The predicted molar refractivity (Wildman–Crippen MR) is 82.3 cm³/mol. The van der Waals surface area contributed by atoms with E-state index < -0.39 is 5.91 Å². The number of carbonyl (C=O) groups excluding carboxylic acids is 2. The Hall–Kier alpha value is -2.27. The lowest BCUT2D eigenvalue weighted by Gasteiger charge is -2.08. The Morgan fingerprint density at radius 2 is 1.76 bits per heavy atom. The van der Waals surface area contributed by atoms with Crippen molar-refractivity contribution in [2.45, 2.75) is 11.5 Å². The molecule has 2 aromatic carbocycles. The molecule has 0 aliphatic heterocycles. The molecule has 2 N–H and O–H groups in total. The number of carbonyl (C=O) groups is 2. The highest BCUT2D eigenvalue weighted by atomic mass is 32.2. The van der Waals surface area contributed by atoms with Crippen molar-refractivity contribution in [1.29, 1.82) is 0 Å². The first-order valence-corrected chi connectivity index (χ1v) is 7.53. The highest BCUT2D eigenvalue weighted by Gasteiger charge is 2.11. The normalized spacial score (nSPS) is 10.1. The lowest BCUT2D eigenvalue weighted by Crippen LogP contribution is -2.11. The van der Waals surface area contributed by atoms with E-state index in [-0.39, 0.29) is 12.6 Å². The average molecular weight is 301 g/mol. The molecule has 0 bridgehead atoms. The molecule has 4 nitrogen and oxygen atoms in total. The SMILES string of the molecule is CSc1ccccc1C(=O)OCc1ccc(C(N)=O)cc1. The number of rotatable bonds is 5. The first-order chi connectivity index (χ1) is 10.1. The largest absolute Gasteiger partial charge is 0.457 e. The van der Waals surface area contributed by atoms with Crippen LogP contribution in [0.3, 0.4) is 0 Å². The molecule has 0 atom stereocenters. The Balaban J connectivity index is 2.02. The van der Waals surface area contributed by atoms with Gasteiger partial charge in [0.15, 0.2) is 0 Å². The van der Waals surface area contributed by atoms with E-state index in [1.165, 1.54) is 11.8 Å². The molecule has 0 unspecified atom stereocenters. The average Bonchev–Trinajstić information content (AvgIpc) is 2.52. The van der Waals surface area contributed by atoms with Gasteiger partial charge in [-0.1, -0.05) is 24.3 Å². The third kappa shape index (κ3) is 3.86. The number of benzene rings is 2. The molecule has 0 radical (unpaired) electrons. The number of hydrogen-bond acceptors (Lipinski definition) is 4. The van der Waals surface area contributed by atoms with E-state index in [2.05, 4.69) is 0 Å². The zero-order valence-electron chi connectivity index (χ0n) is 11.5. The van der Waals surface area contributed by atoms with Gasteiger partial charge in [-0.05, 0) is 36.1 Å². The Kier molecular flexibility index (Phi) is 5.00. The third-order valence-electron chi connectivity index (χ3n) is 2.94. The molecule has 2 aromatic rings. The zero-order chi connectivity index (χ0) is 15.2. The monoisotopic (exact) mass is 301 g/mol. The van der Waals surface area contributed by atoms with Crippen LogP contribution in [0.15, 0.2) is 53.4 Å². The van der Waals surface area contributed by atoms with Gasteiger partial charge in [0.1, 0.15) is 6.61 Å². The van der Waals surface area contributed by atoms with Crippen LogP contribution in [0.1, 0.15) is 26.3 Å². The third-order valence-corrected chi connectivity index (χ3v) is 3.73. The van der Waals surface area contributed by atoms with Gasteiger partial charge in [-0.15, -0.1) is 11.8 Å². The number of amides is 1. The number of esters is 1. The van der Waals surface area contributed by atoms with Crippen molar-refractivity contribution in [3.05, 3.63) is 65.2 Å². The van der Waals surface area contributed by atoms with E-state index in [0.717, 1.165) is 10.5 Å². The Bertz CT molecular complexity index is 653. The van der Waals surface area contributed by atoms with Crippen LogP contribution in [-0.4, -0.2) is 18.1 Å². The molecule has 0 fully saturated rings. The van der Waals surface area contributed by atoms with Crippen LogP contribution in [0.5, 0.6) is 0 Å². The summed E-state index contributed by atoms with van der Waals surface area (Å²) in [6, 6.07) is 14.0. The Labute approximate surface area is 127 Å². The van der Waals surface area contributed by atoms with E-state index >= 15 is 0 Å². The maximum absolute atomic E-state index is 12.1. The predicted octanol–water partition coefficient (Wildman–Crippen LogP) is 2.86. The second-order valence-electron chi connectivity index (χ2n) is 4.34. The van der Waals surface area contributed by atoms with Gasteiger partial charge in [-0.25, -0.2) is 4.79 Å². The number of ether oxygens (including phenoxy) is 1. The van der Waals surface area contributed by atoms with Gasteiger partial charge < -0.3 is 10.5 Å². The van der Waals surface area contributed by atoms with Crippen LogP contribution in [0, 0.1) is 0 Å². The fourth-order valence-corrected chi connectivity index (χ4v) is 2.39. The number of hydrogen-bond donors (Lipinski definition) is 1. The molecule has 0 aliphatic rings. The summed E-state index contributed by atoms with van der Waals surface area (Å²) < 4.78 is 5.29. The van der Waals surface area contributed by atoms with Crippen LogP contribution in [0.25, 0.3) is 0 Å². The Morgan fingerprint density at radius 3 is 2.38 bits per heavy atom. The highest BCUT2D eigenvalue weighted by molar-refractivity contribution is 7.98. The van der Waals surface area contributed by atoms with Crippen molar-refractivity contribution in [2.24, 2.45) is 5.73 Å². The van der Waals surface area contributed by atoms with E-state index in [1.54, 1.807) is 36.4 Å². The minimum Gasteiger partial charge on any atom is -0.457 e. The molecule has 0 aliphatic carbocycles. The van der Waals surface area contributed by atoms with E-state index in [4.69, 9.17) is 10.5 Å². The van der Waals surface area contributed by atoms with Crippen molar-refractivity contribution >= 4 is 23.6 Å². The maximum Gasteiger partial charge on any atom is 0.339 e. The van der Waals surface area contributed by atoms with Crippen molar-refractivity contribution in [2.75, 3.05) is 6.26 Å². The smallest absolute Gasteiger partial charge is 0.339 e. The first-order valence-electron chi connectivity index (χ1n) is 6.30. The molecule has 21 heavy (non-hydrogen) atoms. The number of primary amides is 1. The Morgan fingerprint density at radius 1 is 1.10 bits per heavy atom. The zero-order valence-corrected chi connectivity index (χ0v) is 12.4. The molecular weight excluding hydrogens is 286 g/mol. The van der Waals surface area contributed by atoms with Gasteiger partial charge in [0.2, 0.25) is 5.91 Å². The molecule has 0 spiro atoms. The van der Waals surface area contributed by atoms with Gasteiger partial charge in [0, 0.05) is 10.5 Å². The van der Waals surface area contributed by atoms with Gasteiger partial charge in [-0.3, -0.25) is 4.79 Å². The van der Waals surface area contributed by atoms with Crippen LogP contribution in [0.2, 0.25) is 0 Å². The molecule has 2 rings (SSSR count). The summed E-state index contributed by atoms with van der Waals surface area (Å²) in [5.41, 5.74) is 6.95. The lowest BCUT2D eigenvalue weighted by molar-refractivity contribution is 0.0468. The molecule has 5 heteroatoms. The molecular formula is C16H15NO3S. The van der Waals surface area contributed by atoms with Gasteiger partial charge in [-0.2, -0.15) is 0 Å². The van der Waals surface area contributed by atoms with Crippen LogP contribution < -0.4 is 5.73 Å². The van der Waals surface area contributed by atoms with Gasteiger partial charge >= 0.3 is 5.97 Å². The van der Waals surface area contributed by atoms with E-state index in [0.29, 0.717) is 11.1 Å². The van der Waals surface area contributed by atoms with Crippen LogP contribution >= 0.6 is 11.8 Å². The van der Waals surface area contributed by atoms with Crippen LogP contribution in [-0.2, 0) is 11.3 Å². The van der Waals surface area contributed by atoms with Crippen molar-refractivity contribution in [3.8, 4) is 0 Å². The van der Waals surface area contributed by atoms with Crippen LogP contribution in [0.4, 0.5) is 0 Å². The molecule has 0 aromatic heterocycles. The lowest BCUT2D eigenvalue weighted by atomic mass is 10.1. The van der Waals surface area contributed by atoms with E-state index in [9.17, 15) is 9.59 Å². The molecule has 0 saturated carbocycles. The topological polar surface area (TPSA) is 69.4 Å². The summed E-state index contributed by atoms with van der Waals surface area (Å²) in [6.07, 6.45) is 1.91. The number of nitrogens with two attached hydrogens (primary N) is 1. The fraction of sp³-hybridized carbons (Fsp3) is 0.125. The summed E-state index contributed by atoms with van der Waals surface area (Å²) in [5.74, 6) is -0.841. The molecule has 1 amide bonds.